The molecule has 9 heterocycles. The van der Waals surface area contributed by atoms with Crippen LogP contribution < -0.4 is 24.8 Å². The molecule has 2 unspecified atom stereocenters. The largest absolute Gasteiger partial charge is 0.480 e. The van der Waals surface area contributed by atoms with Crippen molar-refractivity contribution in [3.8, 4) is 17.0 Å². The van der Waals surface area contributed by atoms with Gasteiger partial charge in [0.25, 0.3) is 23.6 Å². The Morgan fingerprint density at radius 1 is 0.805 bits per heavy atom. The second-order valence-corrected chi connectivity index (χ2v) is 23.1. The highest BCUT2D eigenvalue weighted by atomic mass is 32.1. The number of aliphatic hydroxyl groups is 1. The summed E-state index contributed by atoms with van der Waals surface area (Å²) in [6.45, 7) is 8.76. The summed E-state index contributed by atoms with van der Waals surface area (Å²) in [5.74, 6) is -1.66. The van der Waals surface area contributed by atoms with Gasteiger partial charge in [-0.2, -0.15) is 0 Å². The Kier molecular flexibility index (Phi) is 14.3. The molecule has 1 aromatic carbocycles. The van der Waals surface area contributed by atoms with Crippen LogP contribution in [-0.2, 0) is 37.9 Å². The monoisotopic (exact) mass is 1090 g/mol. The number of ether oxygens (including phenoxy) is 1. The molecule has 0 saturated carbocycles. The number of carbonyl (C=O) groups is 5. The van der Waals surface area contributed by atoms with Crippen LogP contribution in [0, 0.1) is 0 Å². The van der Waals surface area contributed by atoms with Gasteiger partial charge in [-0.15, -0.1) is 11.3 Å². The van der Waals surface area contributed by atoms with Gasteiger partial charge in [0.15, 0.2) is 0 Å². The number of hydrogen-bond acceptors (Lipinski definition) is 17. The number of thiophene rings is 1. The molecule has 0 spiro atoms. The van der Waals surface area contributed by atoms with E-state index in [1.54, 1.807) is 54.8 Å². The molecule has 23 heteroatoms. The van der Waals surface area contributed by atoms with E-state index < -0.39 is 50.3 Å². The number of nitrogens with zero attached hydrogens (tertiary/aromatic N) is 9. The first kappa shape index (κ1) is 52.4. The number of aromatic nitrogens is 3. The molecule has 5 atom stereocenters. The number of likely N-dealkylation sites (tertiary alicyclic amines) is 1. The number of carbonyl (C=O) groups excluding carboxylic acids is 5. The third-order valence-electron chi connectivity index (χ3n) is 16.1. The molecule has 21 nitrogen and oxygen atoms in total. The zero-order valence-electron chi connectivity index (χ0n) is 43.3. The Labute approximate surface area is 449 Å². The van der Waals surface area contributed by atoms with Crippen molar-refractivity contribution in [2.45, 2.75) is 109 Å². The van der Waals surface area contributed by atoms with Gasteiger partial charge in [-0.3, -0.25) is 48.1 Å². The Morgan fingerprint density at radius 3 is 2.32 bits per heavy atom. The minimum absolute atomic E-state index is 0.0651. The van der Waals surface area contributed by atoms with Crippen molar-refractivity contribution >= 4 is 77.4 Å². The highest BCUT2D eigenvalue weighted by molar-refractivity contribution is 7.46. The quantitative estimate of drug-likeness (QED) is 0.0753. The number of aliphatic hydroxyl groups excluding tert-OH is 1. The second kappa shape index (κ2) is 21.0. The van der Waals surface area contributed by atoms with Crippen molar-refractivity contribution < 1.29 is 52.7 Å². The number of benzene rings is 1. The maximum absolute atomic E-state index is 14.1. The fourth-order valence-electron chi connectivity index (χ4n) is 12.3. The molecule has 0 bridgehead atoms. The van der Waals surface area contributed by atoms with Crippen LogP contribution in [0.4, 0.5) is 28.7 Å². The van der Waals surface area contributed by atoms with E-state index >= 15 is 0 Å². The molecule has 0 radical (unpaired) electrons. The second-order valence-electron chi connectivity index (χ2n) is 20.7. The van der Waals surface area contributed by atoms with Crippen LogP contribution in [0.2, 0.25) is 0 Å². The van der Waals surface area contributed by atoms with Gasteiger partial charge in [-0.05, 0) is 131 Å². The summed E-state index contributed by atoms with van der Waals surface area (Å²) >= 11 is 1.62. The summed E-state index contributed by atoms with van der Waals surface area (Å²) in [7, 11) is -3.45. The molecule has 6 aliphatic rings. The minimum atomic E-state index is -5.01. The number of amides is 5. The molecule has 4 aromatic heterocycles. The topological polar surface area (TPSA) is 252 Å². The summed E-state index contributed by atoms with van der Waals surface area (Å²) in [6, 6.07) is 12.1. The van der Waals surface area contributed by atoms with Gasteiger partial charge in [0, 0.05) is 91.4 Å². The zero-order chi connectivity index (χ0) is 54.0. The zero-order valence-corrected chi connectivity index (χ0v) is 45.0. The van der Waals surface area contributed by atoms with Gasteiger partial charge in [0.2, 0.25) is 11.8 Å². The smallest absolute Gasteiger partial charge is 0.471 e. The fraction of sp³-hybridized carbons (Fsp3) is 0.444. The lowest BCUT2D eigenvalue weighted by atomic mass is 9.91. The molecule has 11 rings (SSSR count). The van der Waals surface area contributed by atoms with Crippen LogP contribution in [-0.4, -0.2) is 145 Å². The average molecular weight is 1090 g/mol. The summed E-state index contributed by atoms with van der Waals surface area (Å²) in [5.41, 5.74) is 7.18. The normalized spacial score (nSPS) is 22.6. The van der Waals surface area contributed by atoms with Crippen molar-refractivity contribution in [3.63, 3.8) is 0 Å². The van der Waals surface area contributed by atoms with E-state index in [1.807, 2.05) is 30.5 Å². The molecule has 404 valence electrons. The van der Waals surface area contributed by atoms with E-state index in [1.165, 1.54) is 16.0 Å². The number of imide groups is 2. The number of hydrogen-bond donors (Lipinski definition) is 4. The van der Waals surface area contributed by atoms with Crippen LogP contribution in [0.15, 0.2) is 61.1 Å². The van der Waals surface area contributed by atoms with Gasteiger partial charge >= 0.3 is 7.82 Å². The van der Waals surface area contributed by atoms with Gasteiger partial charge in [-0.25, -0.2) is 19.5 Å². The summed E-state index contributed by atoms with van der Waals surface area (Å²) in [4.78, 5) is 112. The molecule has 5 amide bonds. The number of anilines is 5. The summed E-state index contributed by atoms with van der Waals surface area (Å²) in [5, 5.41) is 14.7. The Morgan fingerprint density at radius 2 is 1.58 bits per heavy atom. The first-order valence-corrected chi connectivity index (χ1v) is 28.6. The van der Waals surface area contributed by atoms with Crippen molar-refractivity contribution in [1.29, 1.82) is 0 Å². The third kappa shape index (κ3) is 9.89. The number of phosphoric ester groups is 1. The highest BCUT2D eigenvalue weighted by Gasteiger charge is 2.48. The van der Waals surface area contributed by atoms with Crippen molar-refractivity contribution in [2.24, 2.45) is 0 Å². The van der Waals surface area contributed by atoms with Crippen LogP contribution >= 0.6 is 19.2 Å². The first-order valence-electron chi connectivity index (χ1n) is 26.2. The molecule has 5 aromatic rings. The number of piperidine rings is 2. The minimum Gasteiger partial charge on any atom is -0.480 e. The van der Waals surface area contributed by atoms with Gasteiger partial charge in [0.1, 0.15) is 30.1 Å². The van der Waals surface area contributed by atoms with E-state index in [0.29, 0.717) is 63.9 Å². The van der Waals surface area contributed by atoms with Gasteiger partial charge in [-0.1, -0.05) is 0 Å². The fourth-order valence-corrected chi connectivity index (χ4v) is 13.9. The maximum atomic E-state index is 14.1. The lowest BCUT2D eigenvalue weighted by Crippen LogP contribution is -2.58. The molecule has 1 aliphatic carbocycles. The van der Waals surface area contributed by atoms with E-state index in [-0.39, 0.29) is 42.0 Å². The lowest BCUT2D eigenvalue weighted by Gasteiger charge is -2.48. The first-order chi connectivity index (χ1) is 37.0. The number of piperazine rings is 1. The molecular formula is C54H61N10O11PS. The molecular weight excluding hydrogens is 1030 g/mol. The molecule has 5 aliphatic heterocycles. The number of fused-ring (bicyclic) bond motifs is 4. The molecule has 3 fully saturated rings. The van der Waals surface area contributed by atoms with Crippen molar-refractivity contribution in [3.05, 3.63) is 98.6 Å². The predicted octanol–water partition coefficient (Wildman–Crippen LogP) is 6.24. The van der Waals surface area contributed by atoms with Crippen LogP contribution in [0.5, 0.6) is 5.88 Å². The van der Waals surface area contributed by atoms with Crippen molar-refractivity contribution in [1.82, 2.24) is 29.7 Å². The Bertz CT molecular complexity index is 3240. The van der Waals surface area contributed by atoms with E-state index in [4.69, 9.17) is 24.5 Å². The van der Waals surface area contributed by atoms with Crippen LogP contribution in [0.25, 0.3) is 11.1 Å². The number of pyridine rings is 3. The predicted molar refractivity (Wildman–Crippen MR) is 287 cm³/mol. The van der Waals surface area contributed by atoms with Crippen LogP contribution in [0.1, 0.15) is 117 Å². The number of aryl methyl sites for hydroxylation is 1. The lowest BCUT2D eigenvalue weighted by molar-refractivity contribution is -0.155. The Balaban J connectivity index is 0.718. The number of rotatable bonds is 13. The van der Waals surface area contributed by atoms with Crippen LogP contribution in [0.3, 0.4) is 0 Å². The molecule has 77 heavy (non-hydrogen) atoms. The van der Waals surface area contributed by atoms with E-state index in [0.717, 1.165) is 85.7 Å². The summed E-state index contributed by atoms with van der Waals surface area (Å²) < 4.78 is 21.4. The average Bonchev–Trinajstić information content (AvgIpc) is 4.03. The third-order valence-corrected chi connectivity index (χ3v) is 17.8. The van der Waals surface area contributed by atoms with E-state index in [9.17, 15) is 33.6 Å². The van der Waals surface area contributed by atoms with Crippen molar-refractivity contribution in [2.75, 3.05) is 66.6 Å². The number of nitrogens with one attached hydrogen (secondary N) is 1. The SMILES string of the molecule is COc1ncc(-c2ccnc(N3CCc4c(sc5c4CCCC5)C3=O)c2[C@H](C)O)cc1Nc1ccc(N2CCN(C3CCN(c4ccc5c(c4)C(=O)N(C4CCC(=O)N(COP(=O)(O)O)C4=O)C5=O)[C@@H](C)C3)C[C@@H]2C)cn1. The molecule has 3 saturated heterocycles. The number of methoxy groups -OCH3 is 1. The van der Waals surface area contributed by atoms with E-state index in [2.05, 4.69) is 49.4 Å². The molecule has 4 N–H and O–H groups in total. The summed E-state index contributed by atoms with van der Waals surface area (Å²) in [6.07, 6.45) is 10.8. The van der Waals surface area contributed by atoms with Gasteiger partial charge < -0.3 is 34.7 Å². The maximum Gasteiger partial charge on any atom is 0.471 e. The standard InChI is InChI=1S/C54H61N10O11PS/c1-30-23-34(16-19-60(30)35-9-11-40-41(25-35)52(68)64(51(40)67)43-12-14-46(66)63(53(43)69)29-75-76(71,72)73)59-21-22-61(31(2)28-59)36-10-13-45(56-27-36)58-42-24-33(26-57-50(42)74-4)37-15-18-55-49(47(37)32(3)65)62-20-17-39-38-7-5-6-8-44(38)77-48(39)54(62)70/h9-11,13,15,18,24-27,30-32,34,43,65H,5-8,12,14,16-17,19-23,28-29H2,1-4H3,(H,56,58)(H2,71,72,73)/t30-,31-,32-,34?,43?/m0/s1. The number of phosphoric acid groups is 1. The Hall–Kier alpha value is -6.65. The highest BCUT2D eigenvalue weighted by Crippen LogP contribution is 2.43. The van der Waals surface area contributed by atoms with Gasteiger partial charge in [0.05, 0.1) is 41.1 Å².